The Morgan fingerprint density at radius 2 is 2.21 bits per heavy atom. The van der Waals surface area contributed by atoms with Gasteiger partial charge in [0.05, 0.1) is 0 Å². The third-order valence-corrected chi connectivity index (χ3v) is 3.13. The first-order chi connectivity index (χ1) is 9.15. The maximum atomic E-state index is 13.2. The summed E-state index contributed by atoms with van der Waals surface area (Å²) in [6.45, 7) is 7.92. The van der Waals surface area contributed by atoms with E-state index >= 15 is 0 Å². The van der Waals surface area contributed by atoms with Crippen molar-refractivity contribution < 1.29 is 9.18 Å². The summed E-state index contributed by atoms with van der Waals surface area (Å²) in [7, 11) is 0. The number of amides is 1. The number of rotatable bonds is 3. The molecule has 4 heteroatoms. The lowest BCUT2D eigenvalue weighted by atomic mass is 9.99. The summed E-state index contributed by atoms with van der Waals surface area (Å²) in [6.07, 6.45) is 3.75. The molecule has 0 bridgehead atoms. The van der Waals surface area contributed by atoms with Gasteiger partial charge in [-0.25, -0.2) is 4.39 Å². The SMILES string of the molecule is C=C/C=C(\N=C)C(=O)N1CCc2ccc(F)cc2C1. The topological polar surface area (TPSA) is 32.7 Å². The zero-order valence-corrected chi connectivity index (χ0v) is 10.6. The highest BCUT2D eigenvalue weighted by Crippen LogP contribution is 2.21. The second-order valence-corrected chi connectivity index (χ2v) is 4.34. The van der Waals surface area contributed by atoms with Crippen LogP contribution in [0.25, 0.3) is 0 Å². The van der Waals surface area contributed by atoms with E-state index < -0.39 is 0 Å². The summed E-state index contributed by atoms with van der Waals surface area (Å²) in [6, 6.07) is 4.70. The predicted molar refractivity (Wildman–Crippen MR) is 73.4 cm³/mol. The van der Waals surface area contributed by atoms with Crippen LogP contribution in [0.2, 0.25) is 0 Å². The van der Waals surface area contributed by atoms with Gasteiger partial charge < -0.3 is 4.90 Å². The molecule has 1 heterocycles. The molecular weight excluding hydrogens is 243 g/mol. The van der Waals surface area contributed by atoms with Crippen molar-refractivity contribution in [1.82, 2.24) is 4.90 Å². The van der Waals surface area contributed by atoms with Gasteiger partial charge in [-0.05, 0) is 42.5 Å². The van der Waals surface area contributed by atoms with Crippen molar-refractivity contribution >= 4 is 12.6 Å². The quantitative estimate of drug-likeness (QED) is 0.466. The first-order valence-electron chi connectivity index (χ1n) is 6.01. The molecular formula is C15H15FN2O. The summed E-state index contributed by atoms with van der Waals surface area (Å²) in [5.74, 6) is -0.485. The van der Waals surface area contributed by atoms with Gasteiger partial charge in [-0.2, -0.15) is 0 Å². The molecule has 0 N–H and O–H groups in total. The third-order valence-electron chi connectivity index (χ3n) is 3.13. The summed E-state index contributed by atoms with van der Waals surface area (Å²) in [4.78, 5) is 17.5. The molecule has 0 aromatic heterocycles. The van der Waals surface area contributed by atoms with Crippen LogP contribution in [0.5, 0.6) is 0 Å². The Morgan fingerprint density at radius 3 is 2.89 bits per heavy atom. The lowest BCUT2D eigenvalue weighted by Crippen LogP contribution is -2.36. The Labute approximate surface area is 111 Å². The number of halogens is 1. The van der Waals surface area contributed by atoms with Crippen LogP contribution < -0.4 is 0 Å². The van der Waals surface area contributed by atoms with Crippen LogP contribution in [0.4, 0.5) is 4.39 Å². The largest absolute Gasteiger partial charge is 0.333 e. The van der Waals surface area contributed by atoms with Gasteiger partial charge in [0.15, 0.2) is 0 Å². The van der Waals surface area contributed by atoms with Crippen molar-refractivity contribution in [2.45, 2.75) is 13.0 Å². The van der Waals surface area contributed by atoms with Gasteiger partial charge in [-0.3, -0.25) is 9.79 Å². The molecule has 0 fully saturated rings. The minimum Gasteiger partial charge on any atom is -0.333 e. The molecule has 19 heavy (non-hydrogen) atoms. The Balaban J connectivity index is 2.21. The number of carbonyl (C=O) groups excluding carboxylic acids is 1. The van der Waals surface area contributed by atoms with Crippen molar-refractivity contribution in [2.24, 2.45) is 4.99 Å². The standard InChI is InChI=1S/C15H15FN2O/c1-3-4-14(17-2)15(19)18-8-7-11-5-6-13(16)9-12(11)10-18/h3-6,9H,1-2,7-8,10H2/b14-4-. The smallest absolute Gasteiger partial charge is 0.272 e. The lowest BCUT2D eigenvalue weighted by Gasteiger charge is -2.28. The monoisotopic (exact) mass is 258 g/mol. The number of allylic oxidation sites excluding steroid dienone is 2. The van der Waals surface area contributed by atoms with E-state index in [2.05, 4.69) is 18.3 Å². The van der Waals surface area contributed by atoms with Crippen molar-refractivity contribution in [2.75, 3.05) is 6.54 Å². The van der Waals surface area contributed by atoms with Gasteiger partial charge in [-0.15, -0.1) is 0 Å². The minimum absolute atomic E-state index is 0.204. The number of benzene rings is 1. The number of nitrogens with zero attached hydrogens (tertiary/aromatic N) is 2. The predicted octanol–water partition coefficient (Wildman–Crippen LogP) is 2.48. The van der Waals surface area contributed by atoms with E-state index in [0.29, 0.717) is 13.1 Å². The molecule has 0 radical (unpaired) electrons. The number of fused-ring (bicyclic) bond motifs is 1. The second-order valence-electron chi connectivity index (χ2n) is 4.34. The fraction of sp³-hybridized carbons (Fsp3) is 0.200. The number of hydrogen-bond donors (Lipinski definition) is 0. The van der Waals surface area contributed by atoms with E-state index in [4.69, 9.17) is 0 Å². The van der Waals surface area contributed by atoms with Crippen molar-refractivity contribution in [3.63, 3.8) is 0 Å². The van der Waals surface area contributed by atoms with E-state index in [1.165, 1.54) is 24.3 Å². The Hall–Kier alpha value is -2.23. The highest BCUT2D eigenvalue weighted by atomic mass is 19.1. The van der Waals surface area contributed by atoms with Crippen molar-refractivity contribution in [3.05, 3.63) is 59.6 Å². The highest BCUT2D eigenvalue weighted by molar-refractivity contribution is 5.94. The normalized spacial score (nSPS) is 14.8. The third kappa shape index (κ3) is 2.78. The van der Waals surface area contributed by atoms with Crippen LogP contribution in [0.3, 0.4) is 0 Å². The molecule has 0 atom stereocenters. The van der Waals surface area contributed by atoms with E-state index in [-0.39, 0.29) is 17.4 Å². The minimum atomic E-state index is -0.281. The van der Waals surface area contributed by atoms with Gasteiger partial charge >= 0.3 is 0 Å². The van der Waals surface area contributed by atoms with Crippen LogP contribution in [0, 0.1) is 5.82 Å². The van der Waals surface area contributed by atoms with E-state index in [1.54, 1.807) is 11.0 Å². The molecule has 1 aliphatic heterocycles. The molecule has 0 aliphatic carbocycles. The molecule has 1 aliphatic rings. The van der Waals surface area contributed by atoms with E-state index in [0.717, 1.165) is 17.5 Å². The Bertz CT molecular complexity index is 563. The highest BCUT2D eigenvalue weighted by Gasteiger charge is 2.22. The van der Waals surface area contributed by atoms with Crippen LogP contribution in [0.1, 0.15) is 11.1 Å². The zero-order chi connectivity index (χ0) is 13.8. The maximum Gasteiger partial charge on any atom is 0.272 e. The fourth-order valence-corrected chi connectivity index (χ4v) is 2.16. The molecule has 1 aromatic rings. The number of hydrogen-bond acceptors (Lipinski definition) is 2. The fourth-order valence-electron chi connectivity index (χ4n) is 2.16. The average molecular weight is 258 g/mol. The molecule has 1 amide bonds. The van der Waals surface area contributed by atoms with Gasteiger partial charge in [-0.1, -0.05) is 18.7 Å². The molecule has 2 rings (SSSR count). The summed E-state index contributed by atoms with van der Waals surface area (Å²) in [5, 5.41) is 0. The van der Waals surface area contributed by atoms with Crippen LogP contribution >= 0.6 is 0 Å². The summed E-state index contributed by atoms with van der Waals surface area (Å²) in [5.41, 5.74) is 2.20. The van der Waals surface area contributed by atoms with Gasteiger partial charge in [0.25, 0.3) is 5.91 Å². The van der Waals surface area contributed by atoms with Gasteiger partial charge in [0, 0.05) is 13.1 Å². The molecule has 98 valence electrons. The number of carbonyl (C=O) groups is 1. The van der Waals surface area contributed by atoms with E-state index in [9.17, 15) is 9.18 Å². The lowest BCUT2D eigenvalue weighted by molar-refractivity contribution is -0.128. The van der Waals surface area contributed by atoms with Crippen LogP contribution in [-0.4, -0.2) is 24.1 Å². The van der Waals surface area contributed by atoms with Crippen LogP contribution in [-0.2, 0) is 17.8 Å². The average Bonchev–Trinajstić information content (AvgIpc) is 2.43. The first kappa shape index (κ1) is 13.2. The Morgan fingerprint density at radius 1 is 1.42 bits per heavy atom. The number of aliphatic imine (C=N–C) groups is 1. The molecule has 3 nitrogen and oxygen atoms in total. The van der Waals surface area contributed by atoms with E-state index in [1.807, 2.05) is 0 Å². The van der Waals surface area contributed by atoms with Crippen molar-refractivity contribution in [3.8, 4) is 0 Å². The molecule has 0 spiro atoms. The van der Waals surface area contributed by atoms with Crippen LogP contribution in [0.15, 0.2) is 47.6 Å². The molecule has 0 saturated carbocycles. The van der Waals surface area contributed by atoms with Gasteiger partial charge in [0.1, 0.15) is 11.5 Å². The second kappa shape index (κ2) is 5.61. The Kier molecular flexibility index (Phi) is 3.90. The molecule has 0 saturated heterocycles. The summed E-state index contributed by atoms with van der Waals surface area (Å²) >= 11 is 0. The van der Waals surface area contributed by atoms with Gasteiger partial charge in [0.2, 0.25) is 0 Å². The maximum absolute atomic E-state index is 13.2. The molecule has 1 aromatic carbocycles. The zero-order valence-electron chi connectivity index (χ0n) is 10.6. The summed E-state index contributed by atoms with van der Waals surface area (Å²) < 4.78 is 13.2. The van der Waals surface area contributed by atoms with Crippen molar-refractivity contribution in [1.29, 1.82) is 0 Å². The first-order valence-corrected chi connectivity index (χ1v) is 6.01. The molecule has 0 unspecified atom stereocenters.